The van der Waals surface area contributed by atoms with E-state index in [1.807, 2.05) is 0 Å². The van der Waals surface area contributed by atoms with Gasteiger partial charge in [0.05, 0.1) is 0 Å². The summed E-state index contributed by atoms with van der Waals surface area (Å²) in [5.41, 5.74) is 2.49. The van der Waals surface area contributed by atoms with Crippen LogP contribution in [0.2, 0.25) is 0 Å². The fourth-order valence-electron chi connectivity index (χ4n) is 1.36. The third-order valence-electron chi connectivity index (χ3n) is 1.84. The Morgan fingerprint density at radius 2 is 2.25 bits per heavy atom. The van der Waals surface area contributed by atoms with Crippen molar-refractivity contribution < 1.29 is 14.7 Å². The van der Waals surface area contributed by atoms with Crippen LogP contribution < -0.4 is 5.43 Å². The van der Waals surface area contributed by atoms with Crippen molar-refractivity contribution in [2.75, 3.05) is 6.54 Å². The van der Waals surface area contributed by atoms with Gasteiger partial charge in [-0.15, -0.1) is 0 Å². The molecule has 0 bridgehead atoms. The number of nitrogens with zero attached hydrogens (tertiary/aromatic N) is 1. The zero-order valence-electron chi connectivity index (χ0n) is 6.91. The van der Waals surface area contributed by atoms with Gasteiger partial charge >= 0.3 is 5.97 Å². The third kappa shape index (κ3) is 1.94. The molecule has 0 aliphatic carbocycles. The lowest BCUT2D eigenvalue weighted by Gasteiger charge is -2.20. The van der Waals surface area contributed by atoms with Gasteiger partial charge in [0.25, 0.3) is 0 Å². The molecule has 0 radical (unpaired) electrons. The molecule has 0 saturated carbocycles. The maximum absolute atomic E-state index is 10.6. The third-order valence-corrected chi connectivity index (χ3v) is 1.84. The van der Waals surface area contributed by atoms with Crippen LogP contribution in [0.25, 0.3) is 0 Å². The summed E-state index contributed by atoms with van der Waals surface area (Å²) in [6.45, 7) is 1.99. The molecule has 0 unspecified atom stereocenters. The predicted molar refractivity (Wildman–Crippen MR) is 41.2 cm³/mol. The number of carbonyl (C=O) groups excluding carboxylic acids is 1. The first-order valence-electron chi connectivity index (χ1n) is 3.88. The fourth-order valence-corrected chi connectivity index (χ4v) is 1.36. The highest BCUT2D eigenvalue weighted by Crippen LogP contribution is 2.14. The molecule has 0 aromatic heterocycles. The van der Waals surface area contributed by atoms with Crippen molar-refractivity contribution in [3.63, 3.8) is 0 Å². The Morgan fingerprint density at radius 1 is 1.58 bits per heavy atom. The standard InChI is InChI=1S/C7H12N2O3/c1-5(10)8-9-4-2-3-6(9)7(11)12/h6H,2-4H2,1H3,(H,8,10)(H,11,12)/t6-/m0/s1. The molecule has 2 N–H and O–H groups in total. The summed E-state index contributed by atoms with van der Waals surface area (Å²) in [5, 5.41) is 10.2. The normalized spacial score (nSPS) is 23.9. The molecule has 12 heavy (non-hydrogen) atoms. The topological polar surface area (TPSA) is 69.6 Å². The average Bonchev–Trinajstić information content (AvgIpc) is 2.33. The number of carboxylic acid groups (broad SMARTS) is 1. The second-order valence-corrected chi connectivity index (χ2v) is 2.86. The first-order chi connectivity index (χ1) is 5.61. The first kappa shape index (κ1) is 8.99. The van der Waals surface area contributed by atoms with Crippen molar-refractivity contribution in [1.29, 1.82) is 0 Å². The summed E-state index contributed by atoms with van der Waals surface area (Å²) in [6, 6.07) is -0.547. The molecule has 1 amide bonds. The molecule has 0 aromatic carbocycles. The molecule has 0 spiro atoms. The second-order valence-electron chi connectivity index (χ2n) is 2.86. The lowest BCUT2D eigenvalue weighted by molar-refractivity contribution is -0.144. The van der Waals surface area contributed by atoms with Crippen LogP contribution in [-0.4, -0.2) is 34.6 Å². The van der Waals surface area contributed by atoms with Crippen LogP contribution in [0.4, 0.5) is 0 Å². The van der Waals surface area contributed by atoms with E-state index in [4.69, 9.17) is 5.11 Å². The summed E-state index contributed by atoms with van der Waals surface area (Å²) < 4.78 is 0. The first-order valence-corrected chi connectivity index (χ1v) is 3.88. The van der Waals surface area contributed by atoms with Crippen LogP contribution in [-0.2, 0) is 9.59 Å². The van der Waals surface area contributed by atoms with Gasteiger partial charge in [-0.05, 0) is 12.8 Å². The number of carboxylic acids is 1. The van der Waals surface area contributed by atoms with Gasteiger partial charge in [0.15, 0.2) is 0 Å². The molecule has 0 aromatic rings. The molecular formula is C7H12N2O3. The highest BCUT2D eigenvalue weighted by atomic mass is 16.4. The SMILES string of the molecule is CC(=O)NN1CCC[C@H]1C(=O)O. The van der Waals surface area contributed by atoms with Crippen molar-refractivity contribution in [1.82, 2.24) is 10.4 Å². The van der Waals surface area contributed by atoms with Gasteiger partial charge < -0.3 is 5.11 Å². The van der Waals surface area contributed by atoms with E-state index >= 15 is 0 Å². The monoisotopic (exact) mass is 172 g/mol. The molecule has 68 valence electrons. The van der Waals surface area contributed by atoms with Crippen LogP contribution in [0.1, 0.15) is 19.8 Å². The molecule has 1 aliphatic rings. The van der Waals surface area contributed by atoms with Gasteiger partial charge in [0.2, 0.25) is 5.91 Å². The number of amides is 1. The van der Waals surface area contributed by atoms with Crippen LogP contribution in [0, 0.1) is 0 Å². The van der Waals surface area contributed by atoms with E-state index in [2.05, 4.69) is 5.43 Å². The molecule has 5 nitrogen and oxygen atoms in total. The van der Waals surface area contributed by atoms with E-state index < -0.39 is 12.0 Å². The van der Waals surface area contributed by atoms with Gasteiger partial charge in [-0.3, -0.25) is 15.0 Å². The van der Waals surface area contributed by atoms with Crippen LogP contribution >= 0.6 is 0 Å². The van der Waals surface area contributed by atoms with Gasteiger partial charge in [-0.25, -0.2) is 5.01 Å². The fraction of sp³-hybridized carbons (Fsp3) is 0.714. The minimum absolute atomic E-state index is 0.219. The van der Waals surface area contributed by atoms with E-state index in [-0.39, 0.29) is 5.91 Å². The van der Waals surface area contributed by atoms with Crippen molar-refractivity contribution in [3.05, 3.63) is 0 Å². The number of hydrazine groups is 1. The molecule has 1 rings (SSSR count). The molecule has 5 heteroatoms. The quantitative estimate of drug-likeness (QED) is 0.594. The van der Waals surface area contributed by atoms with Crippen molar-refractivity contribution >= 4 is 11.9 Å². The van der Waals surface area contributed by atoms with Crippen LogP contribution in [0.15, 0.2) is 0 Å². The van der Waals surface area contributed by atoms with Crippen molar-refractivity contribution in [2.45, 2.75) is 25.8 Å². The summed E-state index contributed by atoms with van der Waals surface area (Å²) >= 11 is 0. The predicted octanol–water partition coefficient (Wildman–Crippen LogP) is -0.414. The van der Waals surface area contributed by atoms with E-state index in [9.17, 15) is 9.59 Å². The molecular weight excluding hydrogens is 160 g/mol. The zero-order valence-corrected chi connectivity index (χ0v) is 6.91. The van der Waals surface area contributed by atoms with Gasteiger partial charge in [-0.1, -0.05) is 0 Å². The Bertz CT molecular complexity index is 205. The second kappa shape index (κ2) is 3.53. The van der Waals surface area contributed by atoms with Crippen molar-refractivity contribution in [3.8, 4) is 0 Å². The number of nitrogens with one attached hydrogen (secondary N) is 1. The molecule has 1 heterocycles. The summed E-state index contributed by atoms with van der Waals surface area (Å²) in [4.78, 5) is 21.2. The van der Waals surface area contributed by atoms with Gasteiger partial charge in [0.1, 0.15) is 6.04 Å². The minimum Gasteiger partial charge on any atom is -0.480 e. The minimum atomic E-state index is -0.874. The Labute approximate surface area is 70.3 Å². The Hall–Kier alpha value is -1.10. The molecule has 1 atom stereocenters. The number of hydrogen-bond acceptors (Lipinski definition) is 3. The number of carbonyl (C=O) groups is 2. The van der Waals surface area contributed by atoms with Gasteiger partial charge in [0, 0.05) is 13.5 Å². The lowest BCUT2D eigenvalue weighted by atomic mass is 10.2. The summed E-state index contributed by atoms with van der Waals surface area (Å²) in [7, 11) is 0. The van der Waals surface area contributed by atoms with Crippen molar-refractivity contribution in [2.24, 2.45) is 0 Å². The van der Waals surface area contributed by atoms with Gasteiger partial charge in [-0.2, -0.15) is 0 Å². The van der Waals surface area contributed by atoms with E-state index in [1.165, 1.54) is 11.9 Å². The lowest BCUT2D eigenvalue weighted by Crippen LogP contribution is -2.47. The Kier molecular flexibility index (Phi) is 2.65. The zero-order chi connectivity index (χ0) is 9.14. The van der Waals surface area contributed by atoms with E-state index in [1.54, 1.807) is 0 Å². The average molecular weight is 172 g/mol. The van der Waals surface area contributed by atoms with Crippen LogP contribution in [0.5, 0.6) is 0 Å². The van der Waals surface area contributed by atoms with E-state index in [0.717, 1.165) is 6.42 Å². The largest absolute Gasteiger partial charge is 0.480 e. The highest BCUT2D eigenvalue weighted by molar-refractivity contribution is 5.76. The number of aliphatic carboxylic acids is 1. The van der Waals surface area contributed by atoms with E-state index in [0.29, 0.717) is 13.0 Å². The smallest absolute Gasteiger partial charge is 0.322 e. The Balaban J connectivity index is 2.52. The number of rotatable bonds is 2. The summed E-state index contributed by atoms with van der Waals surface area (Å²) in [5.74, 6) is -1.09. The summed E-state index contributed by atoms with van der Waals surface area (Å²) in [6.07, 6.45) is 1.42. The number of hydrogen-bond donors (Lipinski definition) is 2. The maximum Gasteiger partial charge on any atom is 0.322 e. The molecule has 1 saturated heterocycles. The molecule has 1 aliphatic heterocycles. The Morgan fingerprint density at radius 3 is 2.75 bits per heavy atom. The molecule has 1 fully saturated rings. The highest BCUT2D eigenvalue weighted by Gasteiger charge is 2.30. The maximum atomic E-state index is 10.6. The van der Waals surface area contributed by atoms with Crippen LogP contribution in [0.3, 0.4) is 0 Å².